The fourth-order valence-electron chi connectivity index (χ4n) is 0.762. The first kappa shape index (κ1) is 8.33. The van der Waals surface area contributed by atoms with Gasteiger partial charge in [-0.25, -0.2) is 5.43 Å². The molecule has 4 heteroatoms. The Morgan fingerprint density at radius 2 is 2.45 bits per heavy atom. The number of furan rings is 1. The minimum Gasteiger partial charge on any atom is -0.448 e. The summed E-state index contributed by atoms with van der Waals surface area (Å²) < 4.78 is 5.08. The van der Waals surface area contributed by atoms with Gasteiger partial charge >= 0.3 is 0 Å². The van der Waals surface area contributed by atoms with Crippen molar-refractivity contribution in [3.63, 3.8) is 0 Å². The summed E-state index contributed by atoms with van der Waals surface area (Å²) in [5.74, 6) is 5.86. The molecule has 11 heavy (non-hydrogen) atoms. The summed E-state index contributed by atoms with van der Waals surface area (Å²) in [5, 5.41) is 0.349. The van der Waals surface area contributed by atoms with E-state index in [0.29, 0.717) is 11.0 Å². The van der Waals surface area contributed by atoms with Crippen LogP contribution in [0.5, 0.6) is 0 Å². The van der Waals surface area contributed by atoms with Crippen LogP contribution in [0.15, 0.2) is 29.2 Å². The zero-order valence-corrected chi connectivity index (χ0v) is 6.64. The van der Waals surface area contributed by atoms with E-state index in [1.54, 1.807) is 18.2 Å². The maximum atomic E-state index is 5.55. The second-order valence-electron chi connectivity index (χ2n) is 2.02. The van der Waals surface area contributed by atoms with Crippen LogP contribution in [0.1, 0.15) is 11.8 Å². The molecule has 1 unspecified atom stereocenters. The Labute approximate surface area is 69.8 Å². The smallest absolute Gasteiger partial charge is 0.193 e. The summed E-state index contributed by atoms with van der Waals surface area (Å²) in [6, 6.07) is 3.22. The van der Waals surface area contributed by atoms with Crippen LogP contribution in [0.4, 0.5) is 0 Å². The molecule has 0 amide bonds. The number of hydrazine groups is 1. The van der Waals surface area contributed by atoms with Crippen molar-refractivity contribution >= 4 is 11.6 Å². The van der Waals surface area contributed by atoms with Crippen LogP contribution in [-0.2, 0) is 0 Å². The maximum Gasteiger partial charge on any atom is 0.193 e. The molecular formula is C7H9ClN2O. The number of hydrogen-bond donors (Lipinski definition) is 2. The van der Waals surface area contributed by atoms with Crippen LogP contribution < -0.4 is 11.3 Å². The zero-order chi connectivity index (χ0) is 8.27. The van der Waals surface area contributed by atoms with Crippen LogP contribution in [-0.4, -0.2) is 0 Å². The number of halogens is 1. The predicted octanol–water partition coefficient (Wildman–Crippen LogP) is 1.62. The molecule has 0 aromatic carbocycles. The van der Waals surface area contributed by atoms with Crippen molar-refractivity contribution < 1.29 is 4.42 Å². The molecule has 3 nitrogen and oxygen atoms in total. The number of rotatable bonds is 3. The van der Waals surface area contributed by atoms with E-state index in [2.05, 4.69) is 12.0 Å². The van der Waals surface area contributed by atoms with Gasteiger partial charge in [0.2, 0.25) is 0 Å². The van der Waals surface area contributed by atoms with Gasteiger partial charge < -0.3 is 4.42 Å². The third kappa shape index (κ3) is 1.83. The van der Waals surface area contributed by atoms with E-state index in [-0.39, 0.29) is 6.04 Å². The largest absolute Gasteiger partial charge is 0.448 e. The molecule has 0 aliphatic heterocycles. The second-order valence-corrected chi connectivity index (χ2v) is 2.39. The highest BCUT2D eigenvalue weighted by atomic mass is 35.5. The SMILES string of the molecule is C=CC(NN)c1ccc(Cl)o1. The van der Waals surface area contributed by atoms with Crippen molar-refractivity contribution in [3.05, 3.63) is 35.8 Å². The van der Waals surface area contributed by atoms with Gasteiger partial charge in [-0.3, -0.25) is 5.84 Å². The Balaban J connectivity index is 2.81. The lowest BCUT2D eigenvalue weighted by Crippen LogP contribution is -2.25. The quantitative estimate of drug-likeness (QED) is 0.414. The first-order valence-electron chi connectivity index (χ1n) is 3.12. The molecule has 0 bridgehead atoms. The average Bonchev–Trinajstić information content (AvgIpc) is 2.39. The first-order chi connectivity index (χ1) is 5.27. The van der Waals surface area contributed by atoms with Gasteiger partial charge in [-0.2, -0.15) is 0 Å². The average molecular weight is 173 g/mol. The molecule has 0 saturated heterocycles. The lowest BCUT2D eigenvalue weighted by Gasteiger charge is -2.05. The van der Waals surface area contributed by atoms with Crippen LogP contribution in [0.3, 0.4) is 0 Å². The van der Waals surface area contributed by atoms with E-state index >= 15 is 0 Å². The summed E-state index contributed by atoms with van der Waals surface area (Å²) in [6.45, 7) is 3.57. The second kappa shape index (κ2) is 3.57. The van der Waals surface area contributed by atoms with Crippen molar-refractivity contribution in [2.75, 3.05) is 0 Å². The number of nitrogens with two attached hydrogens (primary N) is 1. The number of nitrogens with one attached hydrogen (secondary N) is 1. The standard InChI is InChI=1S/C7H9ClN2O/c1-2-5(10-9)6-3-4-7(8)11-6/h2-5,10H,1,9H2. The van der Waals surface area contributed by atoms with Crippen LogP contribution >= 0.6 is 11.6 Å². The molecule has 0 spiro atoms. The predicted molar refractivity (Wildman–Crippen MR) is 44.0 cm³/mol. The highest BCUT2D eigenvalue weighted by Crippen LogP contribution is 2.19. The van der Waals surface area contributed by atoms with Gasteiger partial charge in [-0.1, -0.05) is 6.08 Å². The van der Waals surface area contributed by atoms with Crippen LogP contribution in [0.2, 0.25) is 5.22 Å². The fraction of sp³-hybridized carbons (Fsp3) is 0.143. The van der Waals surface area contributed by atoms with Crippen molar-refractivity contribution in [1.82, 2.24) is 5.43 Å². The van der Waals surface area contributed by atoms with Gasteiger partial charge in [0.15, 0.2) is 5.22 Å². The van der Waals surface area contributed by atoms with Gasteiger partial charge in [0.05, 0.1) is 6.04 Å². The first-order valence-corrected chi connectivity index (χ1v) is 3.49. The van der Waals surface area contributed by atoms with Crippen molar-refractivity contribution in [2.45, 2.75) is 6.04 Å². The summed E-state index contributed by atoms with van der Waals surface area (Å²) >= 11 is 5.55. The minimum absolute atomic E-state index is 0.178. The van der Waals surface area contributed by atoms with Gasteiger partial charge in [-0.15, -0.1) is 6.58 Å². The van der Waals surface area contributed by atoms with E-state index in [1.165, 1.54) is 0 Å². The molecule has 1 aromatic rings. The molecule has 1 heterocycles. The Hall–Kier alpha value is -0.770. The minimum atomic E-state index is -0.178. The lowest BCUT2D eigenvalue weighted by molar-refractivity contribution is 0.460. The molecule has 60 valence electrons. The molecule has 0 saturated carbocycles. The molecule has 1 atom stereocenters. The van der Waals surface area contributed by atoms with Gasteiger partial charge in [0.25, 0.3) is 0 Å². The third-order valence-electron chi connectivity index (χ3n) is 1.32. The molecule has 3 N–H and O–H groups in total. The van der Waals surface area contributed by atoms with Crippen molar-refractivity contribution in [2.24, 2.45) is 5.84 Å². The summed E-state index contributed by atoms with van der Waals surface area (Å²) in [6.07, 6.45) is 1.63. The Morgan fingerprint density at radius 1 is 1.73 bits per heavy atom. The van der Waals surface area contributed by atoms with Gasteiger partial charge in [0.1, 0.15) is 5.76 Å². The highest BCUT2D eigenvalue weighted by Gasteiger charge is 2.08. The van der Waals surface area contributed by atoms with E-state index in [9.17, 15) is 0 Å². The third-order valence-corrected chi connectivity index (χ3v) is 1.52. The summed E-state index contributed by atoms with van der Waals surface area (Å²) in [4.78, 5) is 0. The van der Waals surface area contributed by atoms with Gasteiger partial charge in [0, 0.05) is 0 Å². The Kier molecular flexibility index (Phi) is 2.70. The molecule has 1 aromatic heterocycles. The molecule has 0 aliphatic rings. The molecule has 0 fully saturated rings. The zero-order valence-electron chi connectivity index (χ0n) is 5.88. The highest BCUT2D eigenvalue weighted by molar-refractivity contribution is 6.28. The van der Waals surface area contributed by atoms with Crippen molar-refractivity contribution in [3.8, 4) is 0 Å². The maximum absolute atomic E-state index is 5.55. The lowest BCUT2D eigenvalue weighted by atomic mass is 10.2. The van der Waals surface area contributed by atoms with E-state index in [1.807, 2.05) is 0 Å². The van der Waals surface area contributed by atoms with Crippen molar-refractivity contribution in [1.29, 1.82) is 0 Å². The molecule has 1 rings (SSSR count). The number of hydrogen-bond acceptors (Lipinski definition) is 3. The van der Waals surface area contributed by atoms with Gasteiger partial charge in [-0.05, 0) is 23.7 Å². The topological polar surface area (TPSA) is 51.2 Å². The monoisotopic (exact) mass is 172 g/mol. The molecular weight excluding hydrogens is 164 g/mol. The Bertz CT molecular complexity index is 246. The van der Waals surface area contributed by atoms with E-state index in [4.69, 9.17) is 21.9 Å². The summed E-state index contributed by atoms with van der Waals surface area (Å²) in [5.41, 5.74) is 2.51. The molecule has 0 aliphatic carbocycles. The van der Waals surface area contributed by atoms with E-state index in [0.717, 1.165) is 0 Å². The fourth-order valence-corrected chi connectivity index (χ4v) is 0.914. The normalized spacial score (nSPS) is 12.9. The Morgan fingerprint density at radius 3 is 2.82 bits per heavy atom. The molecule has 0 radical (unpaired) electrons. The van der Waals surface area contributed by atoms with E-state index < -0.39 is 0 Å². The summed E-state index contributed by atoms with van der Waals surface area (Å²) in [7, 11) is 0. The van der Waals surface area contributed by atoms with Crippen LogP contribution in [0, 0.1) is 0 Å². The van der Waals surface area contributed by atoms with Crippen LogP contribution in [0.25, 0.3) is 0 Å².